The number of aromatic nitrogens is 2. The number of oxazole rings is 1. The molecule has 3 aromatic rings. The Morgan fingerprint density at radius 1 is 0.974 bits per heavy atom. The van der Waals surface area contributed by atoms with E-state index in [4.69, 9.17) is 4.42 Å². The van der Waals surface area contributed by atoms with E-state index < -0.39 is 47.5 Å². The third kappa shape index (κ3) is 5.90. The third-order valence-electron chi connectivity index (χ3n) is 6.20. The van der Waals surface area contributed by atoms with Crippen LogP contribution in [0, 0.1) is 0 Å². The number of hydrogen-bond acceptors (Lipinski definition) is 7. The normalized spacial score (nSPS) is 16.2. The van der Waals surface area contributed by atoms with Gasteiger partial charge in [-0.05, 0) is 30.7 Å². The molecule has 1 amide bonds. The number of rotatable bonds is 6. The summed E-state index contributed by atoms with van der Waals surface area (Å²) in [6, 6.07) is 10.8. The number of pyridine rings is 1. The summed E-state index contributed by atoms with van der Waals surface area (Å²) in [4.78, 5) is 35.2. The number of amides is 1. The van der Waals surface area contributed by atoms with Crippen molar-refractivity contribution in [1.29, 1.82) is 0 Å². The van der Waals surface area contributed by atoms with E-state index >= 15 is 0 Å². The van der Waals surface area contributed by atoms with Gasteiger partial charge in [-0.2, -0.15) is 26.3 Å². The van der Waals surface area contributed by atoms with Gasteiger partial charge in [0.2, 0.25) is 23.0 Å². The minimum Gasteiger partial charge on any atom is -0.432 e. The molecule has 0 radical (unpaired) electrons. The van der Waals surface area contributed by atoms with Crippen LogP contribution in [0.4, 0.5) is 32.2 Å². The number of hydrogen-bond donors (Lipinski definition) is 1. The molecule has 1 aliphatic heterocycles. The molecular weight excluding hydrogens is 534 g/mol. The van der Waals surface area contributed by atoms with Crippen molar-refractivity contribution in [3.05, 3.63) is 65.7 Å². The molecule has 1 fully saturated rings. The lowest BCUT2D eigenvalue weighted by Crippen LogP contribution is -2.60. The number of anilines is 1. The zero-order valence-corrected chi connectivity index (χ0v) is 20.4. The minimum atomic E-state index is -5.12. The van der Waals surface area contributed by atoms with E-state index in [0.29, 0.717) is 18.3 Å². The average molecular weight is 556 g/mol. The van der Waals surface area contributed by atoms with E-state index in [1.807, 2.05) is 0 Å². The SMILES string of the molecule is CC(O)(C(=O)N1CCN(c2ccc(CC(=O)c3oc(-c4ccccc4)nc3C(F)(F)F)cn2)CC1)C(F)(F)F. The van der Waals surface area contributed by atoms with Gasteiger partial charge in [-0.15, -0.1) is 0 Å². The predicted octanol–water partition coefficient (Wildman–Crippen LogP) is 4.14. The van der Waals surface area contributed by atoms with Crippen molar-refractivity contribution in [2.24, 2.45) is 0 Å². The van der Waals surface area contributed by atoms with Gasteiger partial charge in [-0.1, -0.05) is 24.3 Å². The molecule has 1 aliphatic rings. The van der Waals surface area contributed by atoms with Crippen molar-refractivity contribution in [3.8, 4) is 11.5 Å². The van der Waals surface area contributed by atoms with Crippen LogP contribution in [0.15, 0.2) is 53.1 Å². The van der Waals surface area contributed by atoms with Crippen molar-refractivity contribution >= 4 is 17.5 Å². The first-order chi connectivity index (χ1) is 18.2. The van der Waals surface area contributed by atoms with Gasteiger partial charge >= 0.3 is 12.4 Å². The molecule has 0 saturated carbocycles. The number of carbonyl (C=O) groups is 2. The zero-order chi connectivity index (χ0) is 28.6. The maximum atomic E-state index is 13.5. The van der Waals surface area contributed by atoms with Gasteiger partial charge in [0.25, 0.3) is 5.91 Å². The first-order valence-corrected chi connectivity index (χ1v) is 11.6. The summed E-state index contributed by atoms with van der Waals surface area (Å²) < 4.78 is 84.8. The number of nitrogens with zero attached hydrogens (tertiary/aromatic N) is 4. The predicted molar refractivity (Wildman–Crippen MR) is 125 cm³/mol. The summed E-state index contributed by atoms with van der Waals surface area (Å²) in [5, 5.41) is 9.62. The molecule has 4 rings (SSSR count). The molecule has 1 unspecified atom stereocenters. The minimum absolute atomic E-state index is 0.0948. The molecule has 8 nitrogen and oxygen atoms in total. The highest BCUT2D eigenvalue weighted by Crippen LogP contribution is 2.35. The number of carbonyl (C=O) groups excluding carboxylic acids is 2. The maximum Gasteiger partial charge on any atom is 0.437 e. The van der Waals surface area contributed by atoms with Gasteiger partial charge in [0, 0.05) is 44.4 Å². The van der Waals surface area contributed by atoms with Crippen LogP contribution in [-0.4, -0.2) is 69.6 Å². The van der Waals surface area contributed by atoms with Crippen molar-refractivity contribution in [2.75, 3.05) is 31.1 Å². The molecule has 14 heteroatoms. The molecule has 2 aromatic heterocycles. The van der Waals surface area contributed by atoms with Crippen LogP contribution in [-0.2, 0) is 17.4 Å². The van der Waals surface area contributed by atoms with E-state index in [1.54, 1.807) is 23.1 Å². The highest BCUT2D eigenvalue weighted by atomic mass is 19.4. The highest BCUT2D eigenvalue weighted by molar-refractivity contribution is 5.96. The van der Waals surface area contributed by atoms with E-state index in [2.05, 4.69) is 9.97 Å². The fraction of sp³-hybridized carbons (Fsp3) is 0.360. The molecule has 1 aromatic carbocycles. The Morgan fingerprint density at radius 3 is 2.15 bits per heavy atom. The van der Waals surface area contributed by atoms with Gasteiger partial charge in [-0.3, -0.25) is 9.59 Å². The fourth-order valence-corrected chi connectivity index (χ4v) is 3.95. The number of Topliss-reactive ketones (excluding diaryl/α,β-unsaturated/α-hetero) is 1. The Morgan fingerprint density at radius 2 is 1.62 bits per heavy atom. The van der Waals surface area contributed by atoms with Crippen LogP contribution in [0.1, 0.15) is 28.7 Å². The molecule has 3 heterocycles. The van der Waals surface area contributed by atoms with Crippen LogP contribution < -0.4 is 4.90 Å². The second-order valence-electron chi connectivity index (χ2n) is 9.03. The zero-order valence-electron chi connectivity index (χ0n) is 20.4. The molecule has 1 saturated heterocycles. The van der Waals surface area contributed by atoms with E-state index in [9.17, 15) is 41.0 Å². The third-order valence-corrected chi connectivity index (χ3v) is 6.20. The van der Waals surface area contributed by atoms with Crippen molar-refractivity contribution in [1.82, 2.24) is 14.9 Å². The highest BCUT2D eigenvalue weighted by Gasteiger charge is 2.57. The topological polar surface area (TPSA) is 99.8 Å². The monoisotopic (exact) mass is 556 g/mol. The van der Waals surface area contributed by atoms with Gasteiger partial charge in [-0.25, -0.2) is 9.97 Å². The number of ketones is 1. The maximum absolute atomic E-state index is 13.5. The van der Waals surface area contributed by atoms with Crippen molar-refractivity contribution in [3.63, 3.8) is 0 Å². The van der Waals surface area contributed by atoms with Crippen LogP contribution in [0.25, 0.3) is 11.5 Å². The van der Waals surface area contributed by atoms with E-state index in [1.165, 1.54) is 30.5 Å². The average Bonchev–Trinajstić information content (AvgIpc) is 3.35. The quantitative estimate of drug-likeness (QED) is 0.360. The Labute approximate surface area is 217 Å². The fourth-order valence-electron chi connectivity index (χ4n) is 3.95. The number of piperazine rings is 1. The van der Waals surface area contributed by atoms with Crippen molar-refractivity contribution < 1.29 is 45.5 Å². The Kier molecular flexibility index (Phi) is 7.43. The first-order valence-electron chi connectivity index (χ1n) is 11.6. The summed E-state index contributed by atoms with van der Waals surface area (Å²) in [5.74, 6) is -3.26. The lowest BCUT2D eigenvalue weighted by atomic mass is 10.0. The van der Waals surface area contributed by atoms with Crippen LogP contribution in [0.2, 0.25) is 0 Å². The number of benzene rings is 1. The van der Waals surface area contributed by atoms with Crippen LogP contribution >= 0.6 is 0 Å². The lowest BCUT2D eigenvalue weighted by Gasteiger charge is -2.38. The molecule has 208 valence electrons. The van der Waals surface area contributed by atoms with Gasteiger partial charge in [0.15, 0.2) is 5.69 Å². The first kappa shape index (κ1) is 28.1. The molecule has 1 atom stereocenters. The second kappa shape index (κ2) is 10.3. The second-order valence-corrected chi connectivity index (χ2v) is 9.03. The van der Waals surface area contributed by atoms with Gasteiger partial charge in [0.05, 0.1) is 0 Å². The number of aliphatic hydroxyl groups is 1. The smallest absolute Gasteiger partial charge is 0.432 e. The summed E-state index contributed by atoms with van der Waals surface area (Å²) in [6.45, 7) is 0.466. The van der Waals surface area contributed by atoms with Crippen LogP contribution in [0.3, 0.4) is 0 Å². The van der Waals surface area contributed by atoms with Gasteiger partial charge < -0.3 is 19.3 Å². The largest absolute Gasteiger partial charge is 0.437 e. The molecule has 0 bridgehead atoms. The summed E-state index contributed by atoms with van der Waals surface area (Å²) in [6.07, 6.45) is -9.19. The molecule has 0 aliphatic carbocycles. The Hall–Kier alpha value is -3.94. The summed E-state index contributed by atoms with van der Waals surface area (Å²) in [5.41, 5.74) is -4.35. The number of halogens is 6. The molecule has 1 N–H and O–H groups in total. The van der Waals surface area contributed by atoms with Crippen molar-refractivity contribution in [2.45, 2.75) is 31.3 Å². The molecule has 39 heavy (non-hydrogen) atoms. The standard InChI is InChI=1S/C25H22F6N4O4/c1-23(38,25(29,30)31)22(37)35-11-9-34(10-12-35)18-8-7-15(14-32-18)13-17(36)19-20(24(26,27)28)33-21(39-19)16-5-3-2-4-6-16/h2-8,14,38H,9-13H2,1H3. The summed E-state index contributed by atoms with van der Waals surface area (Å²) in [7, 11) is 0. The van der Waals surface area contributed by atoms with E-state index in [-0.39, 0.29) is 37.6 Å². The van der Waals surface area contributed by atoms with Gasteiger partial charge in [0.1, 0.15) is 5.82 Å². The summed E-state index contributed by atoms with van der Waals surface area (Å²) >= 11 is 0. The molecular formula is C25H22F6N4O4. The molecule has 0 spiro atoms. The Balaban J connectivity index is 1.42. The lowest BCUT2D eigenvalue weighted by molar-refractivity contribution is -0.250. The van der Waals surface area contributed by atoms with Crippen LogP contribution in [0.5, 0.6) is 0 Å². The van der Waals surface area contributed by atoms with E-state index in [0.717, 1.165) is 4.90 Å². The number of alkyl halides is 6. The Bertz CT molecular complexity index is 1330.